The molecule has 2 aliphatic heterocycles. The van der Waals surface area contributed by atoms with E-state index in [1.807, 2.05) is 30.9 Å². The number of piperidine rings is 1. The molecule has 1 spiro atoms. The van der Waals surface area contributed by atoms with E-state index in [9.17, 15) is 0 Å². The molecule has 0 radical (unpaired) electrons. The lowest BCUT2D eigenvalue weighted by Crippen LogP contribution is -2.47. The van der Waals surface area contributed by atoms with Gasteiger partial charge in [-0.1, -0.05) is 12.1 Å². The highest BCUT2D eigenvalue weighted by Crippen LogP contribution is 2.39. The quantitative estimate of drug-likeness (QED) is 0.866. The van der Waals surface area contributed by atoms with Crippen LogP contribution in [-0.2, 0) is 11.3 Å². The maximum atomic E-state index is 6.31. The molecule has 5 heteroatoms. The summed E-state index contributed by atoms with van der Waals surface area (Å²) in [5.74, 6) is 0.913. The zero-order chi connectivity index (χ0) is 16.4. The predicted molar refractivity (Wildman–Crippen MR) is 92.1 cm³/mol. The van der Waals surface area contributed by atoms with Crippen molar-refractivity contribution in [2.45, 2.75) is 37.5 Å². The fourth-order valence-corrected chi connectivity index (χ4v) is 4.10. The summed E-state index contributed by atoms with van der Waals surface area (Å²) in [6.45, 7) is 3.94. The Bertz CT molecular complexity index is 656. The summed E-state index contributed by atoms with van der Waals surface area (Å²) >= 11 is 0. The summed E-state index contributed by atoms with van der Waals surface area (Å²) in [4.78, 5) is 6.70. The fourth-order valence-electron chi connectivity index (χ4n) is 4.10. The van der Waals surface area contributed by atoms with Crippen LogP contribution in [0.4, 0.5) is 0 Å². The molecule has 0 N–H and O–H groups in total. The third-order valence-electron chi connectivity index (χ3n) is 5.32. The molecule has 0 bridgehead atoms. The van der Waals surface area contributed by atoms with Crippen molar-refractivity contribution in [3.8, 4) is 5.75 Å². The molecular formula is C19H25N3O2. The van der Waals surface area contributed by atoms with Crippen molar-refractivity contribution in [1.29, 1.82) is 0 Å². The third kappa shape index (κ3) is 3.19. The Morgan fingerprint density at radius 1 is 1.33 bits per heavy atom. The summed E-state index contributed by atoms with van der Waals surface area (Å²) in [5, 5.41) is 0. The smallest absolute Gasteiger partial charge is 0.118 e. The second-order valence-corrected chi connectivity index (χ2v) is 7.02. The van der Waals surface area contributed by atoms with Crippen LogP contribution in [0.15, 0.2) is 43.0 Å². The highest BCUT2D eigenvalue weighted by molar-refractivity contribution is 5.27. The van der Waals surface area contributed by atoms with Gasteiger partial charge in [-0.25, -0.2) is 4.98 Å². The zero-order valence-electron chi connectivity index (χ0n) is 14.2. The Kier molecular flexibility index (Phi) is 4.29. The van der Waals surface area contributed by atoms with Crippen LogP contribution in [-0.4, -0.2) is 46.9 Å². The molecule has 2 aromatic rings. The number of rotatable bonds is 4. The molecule has 5 nitrogen and oxygen atoms in total. The maximum Gasteiger partial charge on any atom is 0.118 e. The largest absolute Gasteiger partial charge is 0.497 e. The SMILES string of the molecule is COc1ccc(CN2CCC[C@]3(C[C@H](n4ccnc4)CO3)C2)cc1. The van der Waals surface area contributed by atoms with Gasteiger partial charge in [0.1, 0.15) is 5.75 Å². The lowest BCUT2D eigenvalue weighted by molar-refractivity contribution is -0.0534. The monoisotopic (exact) mass is 327 g/mol. The average Bonchev–Trinajstić information content (AvgIpc) is 3.26. The van der Waals surface area contributed by atoms with Gasteiger partial charge < -0.3 is 14.0 Å². The Labute approximate surface area is 143 Å². The van der Waals surface area contributed by atoms with Crippen LogP contribution in [0, 0.1) is 0 Å². The van der Waals surface area contributed by atoms with Gasteiger partial charge in [0.15, 0.2) is 0 Å². The first-order valence-corrected chi connectivity index (χ1v) is 8.73. The van der Waals surface area contributed by atoms with Gasteiger partial charge in [0.2, 0.25) is 0 Å². The second kappa shape index (κ2) is 6.57. The van der Waals surface area contributed by atoms with Crippen molar-refractivity contribution in [3.05, 3.63) is 48.5 Å². The Balaban J connectivity index is 1.40. The number of methoxy groups -OCH3 is 1. The highest BCUT2D eigenvalue weighted by atomic mass is 16.5. The van der Waals surface area contributed by atoms with Gasteiger partial charge in [-0.3, -0.25) is 4.90 Å². The molecule has 128 valence electrons. The van der Waals surface area contributed by atoms with E-state index in [1.165, 1.54) is 12.0 Å². The number of aromatic nitrogens is 2. The van der Waals surface area contributed by atoms with E-state index in [1.54, 1.807) is 7.11 Å². The molecule has 1 aromatic heterocycles. The molecule has 0 unspecified atom stereocenters. The Hall–Kier alpha value is -1.85. The van der Waals surface area contributed by atoms with Crippen LogP contribution in [0.3, 0.4) is 0 Å². The minimum Gasteiger partial charge on any atom is -0.497 e. The van der Waals surface area contributed by atoms with Crippen molar-refractivity contribution in [2.75, 3.05) is 26.8 Å². The van der Waals surface area contributed by atoms with Gasteiger partial charge in [0.05, 0.1) is 31.7 Å². The number of likely N-dealkylation sites (tertiary alicyclic amines) is 1. The molecule has 0 saturated carbocycles. The summed E-state index contributed by atoms with van der Waals surface area (Å²) in [6, 6.07) is 8.81. The van der Waals surface area contributed by atoms with Crippen molar-refractivity contribution in [2.24, 2.45) is 0 Å². The standard InChI is InChI=1S/C19H25N3O2/c1-23-18-5-3-16(4-6-18)12-21-9-2-7-19(14-21)11-17(13-24-19)22-10-8-20-15-22/h3-6,8,10,15,17H,2,7,9,11-14H2,1H3/t17-,19-/m0/s1. The molecule has 0 amide bonds. The van der Waals surface area contributed by atoms with Gasteiger partial charge in [0, 0.05) is 31.9 Å². The minimum absolute atomic E-state index is 0.0135. The molecule has 2 fully saturated rings. The molecule has 2 aliphatic rings. The van der Waals surface area contributed by atoms with E-state index in [0.717, 1.165) is 44.8 Å². The van der Waals surface area contributed by atoms with Crippen LogP contribution in [0.25, 0.3) is 0 Å². The van der Waals surface area contributed by atoms with Gasteiger partial charge >= 0.3 is 0 Å². The van der Waals surface area contributed by atoms with E-state index < -0.39 is 0 Å². The third-order valence-corrected chi connectivity index (χ3v) is 5.32. The molecule has 3 heterocycles. The van der Waals surface area contributed by atoms with Gasteiger partial charge in [-0.2, -0.15) is 0 Å². The lowest BCUT2D eigenvalue weighted by Gasteiger charge is -2.39. The summed E-state index contributed by atoms with van der Waals surface area (Å²) in [7, 11) is 1.71. The van der Waals surface area contributed by atoms with Crippen LogP contribution in [0.1, 0.15) is 30.9 Å². The van der Waals surface area contributed by atoms with Crippen LogP contribution < -0.4 is 4.74 Å². The molecule has 2 saturated heterocycles. The number of hydrogen-bond acceptors (Lipinski definition) is 4. The normalized spacial score (nSPS) is 27.6. The Morgan fingerprint density at radius 3 is 2.96 bits per heavy atom. The molecule has 4 rings (SSSR count). The molecule has 24 heavy (non-hydrogen) atoms. The van der Waals surface area contributed by atoms with E-state index >= 15 is 0 Å². The number of imidazole rings is 1. The van der Waals surface area contributed by atoms with Gasteiger partial charge in [0.25, 0.3) is 0 Å². The van der Waals surface area contributed by atoms with Crippen molar-refractivity contribution in [3.63, 3.8) is 0 Å². The molecule has 1 aromatic carbocycles. The number of hydrogen-bond donors (Lipinski definition) is 0. The molecular weight excluding hydrogens is 302 g/mol. The molecule has 0 aliphatic carbocycles. The number of benzene rings is 1. The first kappa shape index (κ1) is 15.7. The summed E-state index contributed by atoms with van der Waals surface area (Å²) < 4.78 is 13.7. The van der Waals surface area contributed by atoms with Crippen LogP contribution in [0.2, 0.25) is 0 Å². The van der Waals surface area contributed by atoms with Gasteiger partial charge in [-0.15, -0.1) is 0 Å². The predicted octanol–water partition coefficient (Wildman–Crippen LogP) is 2.89. The topological polar surface area (TPSA) is 39.5 Å². The zero-order valence-corrected chi connectivity index (χ0v) is 14.2. The second-order valence-electron chi connectivity index (χ2n) is 7.02. The first-order valence-electron chi connectivity index (χ1n) is 8.73. The van der Waals surface area contributed by atoms with E-state index in [-0.39, 0.29) is 5.60 Å². The maximum absolute atomic E-state index is 6.31. The molecule has 2 atom stereocenters. The van der Waals surface area contributed by atoms with Crippen molar-refractivity contribution >= 4 is 0 Å². The first-order chi connectivity index (χ1) is 11.8. The average molecular weight is 327 g/mol. The fraction of sp³-hybridized carbons (Fsp3) is 0.526. The van der Waals surface area contributed by atoms with Crippen molar-refractivity contribution < 1.29 is 9.47 Å². The van der Waals surface area contributed by atoms with E-state index in [2.05, 4.69) is 26.6 Å². The highest BCUT2D eigenvalue weighted by Gasteiger charge is 2.43. The van der Waals surface area contributed by atoms with Crippen LogP contribution >= 0.6 is 0 Å². The number of ether oxygens (including phenoxy) is 2. The number of nitrogens with zero attached hydrogens (tertiary/aromatic N) is 3. The lowest BCUT2D eigenvalue weighted by atomic mass is 9.88. The minimum atomic E-state index is 0.0135. The Morgan fingerprint density at radius 2 is 2.21 bits per heavy atom. The van der Waals surface area contributed by atoms with E-state index in [0.29, 0.717) is 6.04 Å². The summed E-state index contributed by atoms with van der Waals surface area (Å²) in [5.41, 5.74) is 1.34. The van der Waals surface area contributed by atoms with Crippen LogP contribution in [0.5, 0.6) is 5.75 Å². The summed E-state index contributed by atoms with van der Waals surface area (Å²) in [6.07, 6.45) is 9.25. The van der Waals surface area contributed by atoms with Gasteiger partial charge in [-0.05, 0) is 37.1 Å². The van der Waals surface area contributed by atoms with Crippen molar-refractivity contribution in [1.82, 2.24) is 14.5 Å². The van der Waals surface area contributed by atoms with E-state index in [4.69, 9.17) is 9.47 Å².